The first-order valence-electron chi connectivity index (χ1n) is 5.47. The van der Waals surface area contributed by atoms with E-state index in [0.717, 1.165) is 12.1 Å². The molecule has 2 nitrogen and oxygen atoms in total. The average Bonchev–Trinajstić information content (AvgIpc) is 2.27. The van der Waals surface area contributed by atoms with E-state index >= 15 is 0 Å². The number of hydrogen-bond donors (Lipinski definition) is 1. The van der Waals surface area contributed by atoms with Gasteiger partial charge in [-0.05, 0) is 37.6 Å². The van der Waals surface area contributed by atoms with Crippen LogP contribution >= 0.6 is 0 Å². The minimum Gasteiger partial charge on any atom is -0.484 e. The van der Waals surface area contributed by atoms with Gasteiger partial charge in [0.2, 0.25) is 0 Å². The molecule has 1 atom stereocenters. The largest absolute Gasteiger partial charge is 0.484 e. The molecule has 0 aliphatic carbocycles. The first-order valence-corrected chi connectivity index (χ1v) is 5.47. The maximum atomic E-state index is 11.9. The highest BCUT2D eigenvalue weighted by Crippen LogP contribution is 2.20. The number of alkyl halides is 3. The average molecular weight is 247 g/mol. The van der Waals surface area contributed by atoms with E-state index < -0.39 is 12.8 Å². The van der Waals surface area contributed by atoms with Crippen LogP contribution in [-0.2, 0) is 0 Å². The van der Waals surface area contributed by atoms with Crippen molar-refractivity contribution < 1.29 is 17.9 Å². The number of hydrogen-bond acceptors (Lipinski definition) is 2. The van der Waals surface area contributed by atoms with Gasteiger partial charge in [0.15, 0.2) is 6.61 Å². The number of rotatable bonds is 5. The molecule has 1 rings (SSSR count). The fourth-order valence-corrected chi connectivity index (χ4v) is 1.20. The first kappa shape index (κ1) is 13.7. The van der Waals surface area contributed by atoms with Gasteiger partial charge in [0.05, 0.1) is 0 Å². The van der Waals surface area contributed by atoms with Crippen molar-refractivity contribution in [3.8, 4) is 5.75 Å². The molecular formula is C12H16F3NO. The molecule has 0 saturated heterocycles. The second-order valence-electron chi connectivity index (χ2n) is 3.88. The standard InChI is InChI=1S/C12H16F3NO/c1-3-9(2)16-10-4-6-11(7-5-10)17-8-12(13,14)15/h4-7,9,16H,3,8H2,1-2H3. The Morgan fingerprint density at radius 2 is 1.82 bits per heavy atom. The summed E-state index contributed by atoms with van der Waals surface area (Å²) in [6.45, 7) is 2.83. The lowest BCUT2D eigenvalue weighted by Crippen LogP contribution is -2.19. The van der Waals surface area contributed by atoms with E-state index in [9.17, 15) is 13.2 Å². The van der Waals surface area contributed by atoms with Gasteiger partial charge < -0.3 is 10.1 Å². The molecule has 96 valence electrons. The van der Waals surface area contributed by atoms with Gasteiger partial charge in [-0.1, -0.05) is 6.92 Å². The van der Waals surface area contributed by atoms with E-state index in [4.69, 9.17) is 0 Å². The Morgan fingerprint density at radius 1 is 1.24 bits per heavy atom. The Balaban J connectivity index is 2.50. The van der Waals surface area contributed by atoms with Crippen molar-refractivity contribution in [2.45, 2.75) is 32.5 Å². The molecule has 5 heteroatoms. The molecule has 1 N–H and O–H groups in total. The Labute approximate surface area is 98.8 Å². The minimum atomic E-state index is -4.30. The van der Waals surface area contributed by atoms with Gasteiger partial charge in [-0.3, -0.25) is 0 Å². The lowest BCUT2D eigenvalue weighted by atomic mass is 10.2. The Morgan fingerprint density at radius 3 is 2.29 bits per heavy atom. The summed E-state index contributed by atoms with van der Waals surface area (Å²) in [5.74, 6) is 0.219. The van der Waals surface area contributed by atoms with Crippen LogP contribution in [0.2, 0.25) is 0 Å². The molecule has 0 aliphatic heterocycles. The SMILES string of the molecule is CCC(C)Nc1ccc(OCC(F)(F)F)cc1. The predicted molar refractivity (Wildman–Crippen MR) is 61.4 cm³/mol. The highest BCUT2D eigenvalue weighted by molar-refractivity contribution is 5.46. The van der Waals surface area contributed by atoms with Crippen molar-refractivity contribution >= 4 is 5.69 Å². The zero-order valence-electron chi connectivity index (χ0n) is 9.84. The van der Waals surface area contributed by atoms with Gasteiger partial charge in [0, 0.05) is 11.7 Å². The van der Waals surface area contributed by atoms with Gasteiger partial charge >= 0.3 is 6.18 Å². The van der Waals surface area contributed by atoms with Gasteiger partial charge in [0.25, 0.3) is 0 Å². The smallest absolute Gasteiger partial charge is 0.422 e. The van der Waals surface area contributed by atoms with Crippen LogP contribution < -0.4 is 10.1 Å². The molecule has 1 aromatic carbocycles. The van der Waals surface area contributed by atoms with Crippen molar-refractivity contribution in [3.63, 3.8) is 0 Å². The Bertz CT molecular complexity index is 335. The lowest BCUT2D eigenvalue weighted by Gasteiger charge is -2.14. The fourth-order valence-electron chi connectivity index (χ4n) is 1.20. The molecule has 0 aromatic heterocycles. The summed E-state index contributed by atoms with van der Waals surface area (Å²) in [4.78, 5) is 0. The summed E-state index contributed by atoms with van der Waals surface area (Å²) in [6.07, 6.45) is -3.32. The molecule has 17 heavy (non-hydrogen) atoms. The molecule has 0 saturated carbocycles. The van der Waals surface area contributed by atoms with Crippen molar-refractivity contribution in [2.24, 2.45) is 0 Å². The van der Waals surface area contributed by atoms with E-state index in [1.165, 1.54) is 12.1 Å². The molecule has 0 amide bonds. The summed E-state index contributed by atoms with van der Waals surface area (Å²) in [5, 5.41) is 3.21. The third-order valence-corrected chi connectivity index (χ3v) is 2.28. The zero-order valence-corrected chi connectivity index (χ0v) is 9.84. The van der Waals surface area contributed by atoms with Crippen molar-refractivity contribution in [2.75, 3.05) is 11.9 Å². The molecule has 1 unspecified atom stereocenters. The van der Waals surface area contributed by atoms with Crippen molar-refractivity contribution in [1.29, 1.82) is 0 Å². The third kappa shape index (κ3) is 5.47. The lowest BCUT2D eigenvalue weighted by molar-refractivity contribution is -0.153. The summed E-state index contributed by atoms with van der Waals surface area (Å²) in [6, 6.07) is 6.79. The summed E-state index contributed by atoms with van der Waals surface area (Å²) >= 11 is 0. The van der Waals surface area contributed by atoms with Crippen LogP contribution in [-0.4, -0.2) is 18.8 Å². The molecule has 0 bridgehead atoms. The van der Waals surface area contributed by atoms with Gasteiger partial charge in [0.1, 0.15) is 5.75 Å². The number of ether oxygens (including phenoxy) is 1. The van der Waals surface area contributed by atoms with E-state index in [2.05, 4.69) is 17.0 Å². The Kier molecular flexibility index (Phi) is 4.66. The van der Waals surface area contributed by atoms with Crippen molar-refractivity contribution in [3.05, 3.63) is 24.3 Å². The second-order valence-corrected chi connectivity index (χ2v) is 3.88. The zero-order chi connectivity index (χ0) is 12.9. The predicted octanol–water partition coefficient (Wildman–Crippen LogP) is 3.84. The number of halogens is 3. The molecule has 0 fully saturated rings. The molecule has 0 aliphatic rings. The topological polar surface area (TPSA) is 21.3 Å². The maximum absolute atomic E-state index is 11.9. The van der Waals surface area contributed by atoms with Crippen LogP contribution in [0, 0.1) is 0 Å². The van der Waals surface area contributed by atoms with Gasteiger partial charge in [-0.25, -0.2) is 0 Å². The monoisotopic (exact) mass is 247 g/mol. The highest BCUT2D eigenvalue weighted by atomic mass is 19.4. The highest BCUT2D eigenvalue weighted by Gasteiger charge is 2.28. The summed E-state index contributed by atoms with van der Waals surface area (Å²) in [5.41, 5.74) is 0.874. The van der Waals surface area contributed by atoms with Crippen LogP contribution in [0.3, 0.4) is 0 Å². The van der Waals surface area contributed by atoms with Gasteiger partial charge in [-0.2, -0.15) is 13.2 Å². The molecule has 1 aromatic rings. The van der Waals surface area contributed by atoms with Crippen molar-refractivity contribution in [1.82, 2.24) is 0 Å². The Hall–Kier alpha value is -1.39. The normalized spacial score (nSPS) is 13.2. The van der Waals surface area contributed by atoms with Crippen LogP contribution in [0.1, 0.15) is 20.3 Å². The number of anilines is 1. The summed E-state index contributed by atoms with van der Waals surface area (Å²) in [7, 11) is 0. The number of benzene rings is 1. The van der Waals surface area contributed by atoms with Crippen LogP contribution in [0.25, 0.3) is 0 Å². The quantitative estimate of drug-likeness (QED) is 0.853. The molecular weight excluding hydrogens is 231 g/mol. The molecule has 0 spiro atoms. The van der Waals surface area contributed by atoms with E-state index in [1.54, 1.807) is 12.1 Å². The van der Waals surface area contributed by atoms with Crippen LogP contribution in [0.4, 0.5) is 18.9 Å². The molecule has 0 heterocycles. The van der Waals surface area contributed by atoms with E-state index in [-0.39, 0.29) is 5.75 Å². The van der Waals surface area contributed by atoms with E-state index in [1.807, 2.05) is 6.92 Å². The first-order chi connectivity index (χ1) is 7.90. The maximum Gasteiger partial charge on any atom is 0.422 e. The van der Waals surface area contributed by atoms with E-state index in [0.29, 0.717) is 6.04 Å². The van der Waals surface area contributed by atoms with Crippen LogP contribution in [0.5, 0.6) is 5.75 Å². The minimum absolute atomic E-state index is 0.219. The second kappa shape index (κ2) is 5.80. The van der Waals surface area contributed by atoms with Crippen LogP contribution in [0.15, 0.2) is 24.3 Å². The summed E-state index contributed by atoms with van der Waals surface area (Å²) < 4.78 is 40.3. The fraction of sp³-hybridized carbons (Fsp3) is 0.500. The molecule has 0 radical (unpaired) electrons. The van der Waals surface area contributed by atoms with Gasteiger partial charge in [-0.15, -0.1) is 0 Å². The third-order valence-electron chi connectivity index (χ3n) is 2.28. The number of nitrogens with one attached hydrogen (secondary N) is 1.